The number of allylic oxidation sites excluding steroid dienone is 1. The number of halogens is 3. The smallest absolute Gasteiger partial charge is 0.416 e. The van der Waals surface area contributed by atoms with E-state index in [0.29, 0.717) is 40.6 Å². The van der Waals surface area contributed by atoms with Crippen LogP contribution in [0, 0.1) is 0 Å². The van der Waals surface area contributed by atoms with Crippen LogP contribution in [0.15, 0.2) is 48.7 Å². The molecule has 0 radical (unpaired) electrons. The van der Waals surface area contributed by atoms with E-state index in [-0.39, 0.29) is 19.0 Å². The van der Waals surface area contributed by atoms with Crippen molar-refractivity contribution in [3.63, 3.8) is 0 Å². The van der Waals surface area contributed by atoms with Gasteiger partial charge < -0.3 is 20.1 Å². The number of nitrogens with one attached hydrogen (secondary N) is 2. The second-order valence-electron chi connectivity index (χ2n) is 7.02. The molecule has 156 valence electrons. The molecule has 0 unspecified atom stereocenters. The highest BCUT2D eigenvalue weighted by atomic mass is 19.4. The lowest BCUT2D eigenvalue weighted by molar-refractivity contribution is -0.137. The highest BCUT2D eigenvalue weighted by Crippen LogP contribution is 2.38. The van der Waals surface area contributed by atoms with Crippen LogP contribution < -0.4 is 10.1 Å². The van der Waals surface area contributed by atoms with Crippen molar-refractivity contribution < 1.29 is 27.8 Å². The molecule has 0 spiro atoms. The van der Waals surface area contributed by atoms with Crippen LogP contribution in [0.5, 0.6) is 5.75 Å². The number of aliphatic hydroxyl groups is 1. The van der Waals surface area contributed by atoms with Crippen LogP contribution >= 0.6 is 0 Å². The van der Waals surface area contributed by atoms with E-state index in [2.05, 4.69) is 10.3 Å². The number of carbonyl (C=O) groups excluding carboxylic acids is 1. The van der Waals surface area contributed by atoms with E-state index in [4.69, 9.17) is 4.74 Å². The van der Waals surface area contributed by atoms with E-state index < -0.39 is 17.6 Å². The van der Waals surface area contributed by atoms with Gasteiger partial charge in [-0.25, -0.2) is 0 Å². The first-order valence-electron chi connectivity index (χ1n) is 9.42. The molecular formula is C22H19F3N2O3. The summed E-state index contributed by atoms with van der Waals surface area (Å²) >= 11 is 0. The zero-order valence-corrected chi connectivity index (χ0v) is 15.8. The highest BCUT2D eigenvalue weighted by Gasteiger charge is 2.32. The number of hydrogen-bond acceptors (Lipinski definition) is 3. The maximum Gasteiger partial charge on any atom is 0.416 e. The molecule has 1 aliphatic heterocycles. The molecule has 0 saturated heterocycles. The molecule has 3 N–H and O–H groups in total. The van der Waals surface area contributed by atoms with Gasteiger partial charge in [-0.15, -0.1) is 0 Å². The fourth-order valence-electron chi connectivity index (χ4n) is 3.62. The van der Waals surface area contributed by atoms with E-state index in [1.165, 1.54) is 12.1 Å². The van der Waals surface area contributed by atoms with Gasteiger partial charge in [0.2, 0.25) is 5.91 Å². The summed E-state index contributed by atoms with van der Waals surface area (Å²) in [5, 5.41) is 13.1. The lowest BCUT2D eigenvalue weighted by Crippen LogP contribution is -2.10. The molecule has 0 fully saturated rings. The molecule has 0 atom stereocenters. The summed E-state index contributed by atoms with van der Waals surface area (Å²) in [5.41, 5.74) is 2.27. The van der Waals surface area contributed by atoms with Crippen molar-refractivity contribution in [2.45, 2.75) is 25.6 Å². The quantitative estimate of drug-likeness (QED) is 0.533. The van der Waals surface area contributed by atoms with Crippen molar-refractivity contribution >= 4 is 28.1 Å². The number of alkyl halides is 3. The summed E-state index contributed by atoms with van der Waals surface area (Å²) in [5.74, 6) is -0.285. The van der Waals surface area contributed by atoms with Gasteiger partial charge in [0.05, 0.1) is 24.5 Å². The van der Waals surface area contributed by atoms with Gasteiger partial charge in [0.1, 0.15) is 5.75 Å². The van der Waals surface area contributed by atoms with Crippen LogP contribution in [-0.4, -0.2) is 22.6 Å². The number of aromatic amines is 1. The second-order valence-corrected chi connectivity index (χ2v) is 7.02. The molecule has 1 aliphatic rings. The zero-order valence-electron chi connectivity index (χ0n) is 15.8. The molecule has 0 saturated carbocycles. The number of anilines is 1. The van der Waals surface area contributed by atoms with E-state index in [0.717, 1.165) is 17.6 Å². The minimum Gasteiger partial charge on any atom is -0.493 e. The van der Waals surface area contributed by atoms with E-state index in [1.807, 2.05) is 6.07 Å². The summed E-state index contributed by atoms with van der Waals surface area (Å²) in [6.45, 7) is 0.0933. The van der Waals surface area contributed by atoms with E-state index in [1.54, 1.807) is 18.3 Å². The molecule has 1 amide bonds. The maximum atomic E-state index is 13.0. The van der Waals surface area contributed by atoms with Crippen LogP contribution in [0.2, 0.25) is 0 Å². The van der Waals surface area contributed by atoms with Gasteiger partial charge >= 0.3 is 6.18 Å². The number of rotatable bonds is 3. The molecule has 4 rings (SSSR count). The van der Waals surface area contributed by atoms with Crippen molar-refractivity contribution in [2.75, 3.05) is 11.9 Å². The summed E-state index contributed by atoms with van der Waals surface area (Å²) in [6.07, 6.45) is -0.314. The molecule has 2 aromatic carbocycles. The Morgan fingerprint density at radius 3 is 2.87 bits per heavy atom. The number of benzene rings is 2. The van der Waals surface area contributed by atoms with Gasteiger partial charge in [-0.3, -0.25) is 4.79 Å². The molecule has 8 heteroatoms. The maximum absolute atomic E-state index is 13.0. The predicted molar refractivity (Wildman–Crippen MR) is 107 cm³/mol. The summed E-state index contributed by atoms with van der Waals surface area (Å²) in [4.78, 5) is 15.8. The van der Waals surface area contributed by atoms with Crippen molar-refractivity contribution in [3.8, 4) is 5.75 Å². The van der Waals surface area contributed by atoms with Gasteiger partial charge in [0, 0.05) is 34.3 Å². The molecule has 2 heterocycles. The standard InChI is InChI=1S/C22H19F3N2O3/c23-22(24,25)15-6-7-16-13(3-2-8-30-19(16)10-15)9-20(29)27-18-5-1-4-17-21(18)14(12-28)11-26-17/h1,4-7,9-11,26,28H,2-3,8,12H2,(H,27,29). The molecular weight excluding hydrogens is 397 g/mol. The first kappa shape index (κ1) is 20.0. The van der Waals surface area contributed by atoms with Crippen LogP contribution in [0.4, 0.5) is 18.9 Å². The average Bonchev–Trinajstić information content (AvgIpc) is 3.03. The van der Waals surface area contributed by atoms with Crippen LogP contribution in [0.25, 0.3) is 16.5 Å². The Morgan fingerprint density at radius 2 is 2.10 bits per heavy atom. The molecule has 3 aromatic rings. The molecule has 5 nitrogen and oxygen atoms in total. The number of H-pyrrole nitrogens is 1. The Bertz CT molecular complexity index is 1130. The third kappa shape index (κ3) is 3.91. The predicted octanol–water partition coefficient (Wildman–Crippen LogP) is 4.87. The number of ether oxygens (including phenoxy) is 1. The van der Waals surface area contributed by atoms with Crippen molar-refractivity contribution in [3.05, 3.63) is 65.4 Å². The van der Waals surface area contributed by atoms with Crippen LogP contribution in [0.1, 0.15) is 29.5 Å². The lowest BCUT2D eigenvalue weighted by Gasteiger charge is -2.13. The first-order valence-corrected chi connectivity index (χ1v) is 9.42. The first-order chi connectivity index (χ1) is 14.4. The average molecular weight is 416 g/mol. The molecule has 0 bridgehead atoms. The minimum absolute atomic E-state index is 0.122. The van der Waals surface area contributed by atoms with Crippen molar-refractivity contribution in [1.29, 1.82) is 0 Å². The topological polar surface area (TPSA) is 74.3 Å². The van der Waals surface area contributed by atoms with Gasteiger partial charge in [0.25, 0.3) is 0 Å². The summed E-state index contributed by atoms with van der Waals surface area (Å²) in [6, 6.07) is 8.65. The Kier molecular flexibility index (Phi) is 5.26. The van der Waals surface area contributed by atoms with E-state index >= 15 is 0 Å². The largest absolute Gasteiger partial charge is 0.493 e. The number of carbonyl (C=O) groups is 1. The minimum atomic E-state index is -4.47. The summed E-state index contributed by atoms with van der Waals surface area (Å²) in [7, 11) is 0. The van der Waals surface area contributed by atoms with Gasteiger partial charge in [0.15, 0.2) is 0 Å². The van der Waals surface area contributed by atoms with Crippen molar-refractivity contribution in [2.24, 2.45) is 0 Å². The lowest BCUT2D eigenvalue weighted by atomic mass is 9.99. The van der Waals surface area contributed by atoms with Gasteiger partial charge in [-0.1, -0.05) is 12.1 Å². The number of hydrogen-bond donors (Lipinski definition) is 3. The number of amides is 1. The molecule has 30 heavy (non-hydrogen) atoms. The number of aliphatic hydroxyl groups excluding tert-OH is 1. The monoisotopic (exact) mass is 416 g/mol. The Hall–Kier alpha value is -3.26. The van der Waals surface area contributed by atoms with E-state index in [9.17, 15) is 23.1 Å². The fraction of sp³-hybridized carbons (Fsp3) is 0.227. The SMILES string of the molecule is O=C(C=C1CCCOc2cc(C(F)(F)F)ccc21)Nc1cccc2[nH]cc(CO)c12. The Labute approximate surface area is 170 Å². The number of aromatic nitrogens is 1. The zero-order chi connectivity index (χ0) is 21.3. The number of fused-ring (bicyclic) bond motifs is 2. The molecule has 1 aromatic heterocycles. The normalized spacial score (nSPS) is 15.5. The fourth-order valence-corrected chi connectivity index (χ4v) is 3.62. The Morgan fingerprint density at radius 1 is 1.27 bits per heavy atom. The molecule has 0 aliphatic carbocycles. The Balaban J connectivity index is 1.66. The van der Waals surface area contributed by atoms with Crippen LogP contribution in [0.3, 0.4) is 0 Å². The van der Waals surface area contributed by atoms with Gasteiger partial charge in [-0.2, -0.15) is 13.2 Å². The highest BCUT2D eigenvalue weighted by molar-refractivity contribution is 6.09. The van der Waals surface area contributed by atoms with Crippen LogP contribution in [-0.2, 0) is 17.6 Å². The van der Waals surface area contributed by atoms with Crippen molar-refractivity contribution in [1.82, 2.24) is 4.98 Å². The third-order valence-corrected chi connectivity index (χ3v) is 5.02. The van der Waals surface area contributed by atoms with Gasteiger partial charge in [-0.05, 0) is 42.7 Å². The second kappa shape index (κ2) is 7.87. The third-order valence-electron chi connectivity index (χ3n) is 5.02. The summed E-state index contributed by atoms with van der Waals surface area (Å²) < 4.78 is 44.5.